The van der Waals surface area contributed by atoms with Crippen LogP contribution in [0.4, 0.5) is 0 Å². The molecule has 0 bridgehead atoms. The van der Waals surface area contributed by atoms with Gasteiger partial charge in [-0.3, -0.25) is 0 Å². The van der Waals surface area contributed by atoms with Gasteiger partial charge in [0.1, 0.15) is 0 Å². The topological polar surface area (TPSA) is 12.0 Å². The van der Waals surface area contributed by atoms with Crippen molar-refractivity contribution in [2.75, 3.05) is 6.54 Å². The highest BCUT2D eigenvalue weighted by Crippen LogP contribution is 2.26. The quantitative estimate of drug-likeness (QED) is 0.823. The third-order valence-corrected chi connectivity index (χ3v) is 4.51. The van der Waals surface area contributed by atoms with E-state index >= 15 is 0 Å². The SMILES string of the molecule is CCC1CCC(NCCc2ccccc2C)CC1. The summed E-state index contributed by atoms with van der Waals surface area (Å²) in [5.74, 6) is 0.999. The van der Waals surface area contributed by atoms with Gasteiger partial charge in [-0.1, -0.05) is 37.6 Å². The molecular weight excluding hydrogens is 218 g/mol. The van der Waals surface area contributed by atoms with E-state index in [0.29, 0.717) is 0 Å². The van der Waals surface area contributed by atoms with Crippen LogP contribution in [0.5, 0.6) is 0 Å². The number of benzene rings is 1. The van der Waals surface area contributed by atoms with E-state index < -0.39 is 0 Å². The molecule has 0 amide bonds. The first kappa shape index (κ1) is 13.6. The molecule has 1 N–H and O–H groups in total. The van der Waals surface area contributed by atoms with Crippen LogP contribution in [0.15, 0.2) is 24.3 Å². The van der Waals surface area contributed by atoms with E-state index in [2.05, 4.69) is 43.4 Å². The van der Waals surface area contributed by atoms with Crippen molar-refractivity contribution in [1.82, 2.24) is 5.32 Å². The van der Waals surface area contributed by atoms with Gasteiger partial charge in [-0.05, 0) is 62.6 Å². The molecule has 1 nitrogen and oxygen atoms in total. The molecule has 0 aliphatic heterocycles. The molecule has 1 aromatic carbocycles. The van der Waals surface area contributed by atoms with Crippen LogP contribution < -0.4 is 5.32 Å². The average molecular weight is 245 g/mol. The molecule has 0 saturated heterocycles. The summed E-state index contributed by atoms with van der Waals surface area (Å²) >= 11 is 0. The molecule has 0 unspecified atom stereocenters. The maximum Gasteiger partial charge on any atom is 0.00673 e. The standard InChI is InChI=1S/C17H27N/c1-3-15-8-10-17(11-9-15)18-13-12-16-7-5-4-6-14(16)2/h4-7,15,17-18H,3,8-13H2,1-2H3. The fourth-order valence-electron chi connectivity index (χ4n) is 3.08. The van der Waals surface area contributed by atoms with Gasteiger partial charge in [-0.2, -0.15) is 0 Å². The molecule has 0 spiro atoms. The van der Waals surface area contributed by atoms with Gasteiger partial charge < -0.3 is 5.32 Å². The molecule has 1 saturated carbocycles. The molecule has 1 heteroatoms. The predicted molar refractivity (Wildman–Crippen MR) is 78.9 cm³/mol. The Morgan fingerprint density at radius 1 is 1.11 bits per heavy atom. The summed E-state index contributed by atoms with van der Waals surface area (Å²) in [6.45, 7) is 5.67. The molecular formula is C17H27N. The van der Waals surface area contributed by atoms with Crippen LogP contribution in [-0.4, -0.2) is 12.6 Å². The molecule has 0 heterocycles. The molecule has 1 aliphatic carbocycles. The molecule has 1 aliphatic rings. The molecule has 2 rings (SSSR count). The maximum atomic E-state index is 3.74. The summed E-state index contributed by atoms with van der Waals surface area (Å²) in [4.78, 5) is 0. The third-order valence-electron chi connectivity index (χ3n) is 4.51. The van der Waals surface area contributed by atoms with E-state index in [1.54, 1.807) is 0 Å². The third kappa shape index (κ3) is 3.84. The van der Waals surface area contributed by atoms with E-state index in [9.17, 15) is 0 Å². The Bertz CT molecular complexity index is 350. The first-order chi connectivity index (χ1) is 8.79. The van der Waals surface area contributed by atoms with Crippen LogP contribution in [-0.2, 0) is 6.42 Å². The van der Waals surface area contributed by atoms with Gasteiger partial charge in [0.05, 0.1) is 0 Å². The van der Waals surface area contributed by atoms with Crippen LogP contribution in [0.1, 0.15) is 50.2 Å². The number of aryl methyl sites for hydroxylation is 1. The monoisotopic (exact) mass is 245 g/mol. The minimum atomic E-state index is 0.775. The zero-order valence-corrected chi connectivity index (χ0v) is 11.9. The highest BCUT2D eigenvalue weighted by Gasteiger charge is 2.18. The minimum Gasteiger partial charge on any atom is -0.314 e. The molecule has 100 valence electrons. The van der Waals surface area contributed by atoms with Gasteiger partial charge >= 0.3 is 0 Å². The molecule has 1 aromatic rings. The van der Waals surface area contributed by atoms with E-state index in [1.165, 1.54) is 49.7 Å². The highest BCUT2D eigenvalue weighted by atomic mass is 14.9. The normalized spacial score (nSPS) is 24.1. The van der Waals surface area contributed by atoms with Crippen LogP contribution in [0.2, 0.25) is 0 Å². The minimum absolute atomic E-state index is 0.775. The van der Waals surface area contributed by atoms with Crippen molar-refractivity contribution in [3.8, 4) is 0 Å². The second kappa shape index (κ2) is 6.94. The smallest absolute Gasteiger partial charge is 0.00673 e. The van der Waals surface area contributed by atoms with Crippen molar-refractivity contribution in [2.45, 2.75) is 58.4 Å². The average Bonchev–Trinajstić information content (AvgIpc) is 2.42. The van der Waals surface area contributed by atoms with Crippen LogP contribution in [0, 0.1) is 12.8 Å². The lowest BCUT2D eigenvalue weighted by Gasteiger charge is -2.28. The summed E-state index contributed by atoms with van der Waals surface area (Å²) < 4.78 is 0. The van der Waals surface area contributed by atoms with E-state index in [-0.39, 0.29) is 0 Å². The fraction of sp³-hybridized carbons (Fsp3) is 0.647. The van der Waals surface area contributed by atoms with Crippen molar-refractivity contribution < 1.29 is 0 Å². The zero-order valence-electron chi connectivity index (χ0n) is 11.9. The second-order valence-electron chi connectivity index (χ2n) is 5.76. The van der Waals surface area contributed by atoms with Gasteiger partial charge in [-0.25, -0.2) is 0 Å². The molecule has 0 atom stereocenters. The molecule has 18 heavy (non-hydrogen) atoms. The summed E-state index contributed by atoms with van der Waals surface area (Å²) in [5, 5.41) is 3.74. The number of rotatable bonds is 5. The lowest BCUT2D eigenvalue weighted by molar-refractivity contribution is 0.287. The van der Waals surface area contributed by atoms with Crippen LogP contribution in [0.3, 0.4) is 0 Å². The Hall–Kier alpha value is -0.820. The van der Waals surface area contributed by atoms with Gasteiger partial charge in [-0.15, -0.1) is 0 Å². The van der Waals surface area contributed by atoms with Gasteiger partial charge in [0.15, 0.2) is 0 Å². The predicted octanol–water partition coefficient (Wildman–Crippen LogP) is 4.10. The van der Waals surface area contributed by atoms with Gasteiger partial charge in [0.2, 0.25) is 0 Å². The Balaban J connectivity index is 1.69. The molecule has 0 radical (unpaired) electrons. The van der Waals surface area contributed by atoms with Gasteiger partial charge in [0, 0.05) is 6.04 Å². The van der Waals surface area contributed by atoms with Crippen molar-refractivity contribution in [1.29, 1.82) is 0 Å². The maximum absolute atomic E-state index is 3.74. The highest BCUT2D eigenvalue weighted by molar-refractivity contribution is 5.25. The van der Waals surface area contributed by atoms with E-state index in [1.807, 2.05) is 0 Å². The first-order valence-electron chi connectivity index (χ1n) is 7.57. The Labute approximate surface area is 112 Å². The molecule has 0 aromatic heterocycles. The van der Waals surface area contributed by atoms with Gasteiger partial charge in [0.25, 0.3) is 0 Å². The van der Waals surface area contributed by atoms with Crippen molar-refractivity contribution in [3.63, 3.8) is 0 Å². The summed E-state index contributed by atoms with van der Waals surface area (Å²) in [6.07, 6.45) is 8.16. The number of nitrogens with one attached hydrogen (secondary N) is 1. The summed E-state index contributed by atoms with van der Waals surface area (Å²) in [5.41, 5.74) is 2.92. The molecule has 1 fully saturated rings. The summed E-state index contributed by atoms with van der Waals surface area (Å²) in [6, 6.07) is 9.51. The number of hydrogen-bond donors (Lipinski definition) is 1. The lowest BCUT2D eigenvalue weighted by Crippen LogP contribution is -2.34. The Morgan fingerprint density at radius 2 is 1.83 bits per heavy atom. The summed E-state index contributed by atoms with van der Waals surface area (Å²) in [7, 11) is 0. The lowest BCUT2D eigenvalue weighted by atomic mass is 9.84. The van der Waals surface area contributed by atoms with Crippen molar-refractivity contribution in [2.24, 2.45) is 5.92 Å². The van der Waals surface area contributed by atoms with E-state index in [0.717, 1.165) is 18.5 Å². The van der Waals surface area contributed by atoms with Crippen LogP contribution in [0.25, 0.3) is 0 Å². The number of hydrogen-bond acceptors (Lipinski definition) is 1. The van der Waals surface area contributed by atoms with Crippen molar-refractivity contribution >= 4 is 0 Å². The van der Waals surface area contributed by atoms with E-state index in [4.69, 9.17) is 0 Å². The second-order valence-corrected chi connectivity index (χ2v) is 5.76. The van der Waals surface area contributed by atoms with Crippen molar-refractivity contribution in [3.05, 3.63) is 35.4 Å². The zero-order chi connectivity index (χ0) is 12.8. The largest absolute Gasteiger partial charge is 0.314 e. The Morgan fingerprint density at radius 3 is 2.50 bits per heavy atom. The van der Waals surface area contributed by atoms with Crippen LogP contribution >= 0.6 is 0 Å². The fourth-order valence-corrected chi connectivity index (χ4v) is 3.08. The first-order valence-corrected chi connectivity index (χ1v) is 7.57. The Kier molecular flexibility index (Phi) is 5.25.